The monoisotopic (exact) mass is 198 g/mol. The molecule has 6 nitrogen and oxygen atoms in total. The molecule has 1 heterocycles. The third-order valence-corrected chi connectivity index (χ3v) is 1.82. The molecule has 0 bridgehead atoms. The van der Waals surface area contributed by atoms with E-state index in [1.807, 2.05) is 0 Å². The van der Waals surface area contributed by atoms with Crippen LogP contribution in [0.2, 0.25) is 0 Å². The predicted molar refractivity (Wildman–Crippen MR) is 44.3 cm³/mol. The van der Waals surface area contributed by atoms with E-state index in [0.717, 1.165) is 13.8 Å². The van der Waals surface area contributed by atoms with Crippen molar-refractivity contribution >= 4 is 23.6 Å². The summed E-state index contributed by atoms with van der Waals surface area (Å²) in [6, 6.07) is 0. The molecule has 0 atom stereocenters. The average molecular weight is 198 g/mol. The van der Waals surface area contributed by atoms with Gasteiger partial charge in [-0.05, 0) is 0 Å². The lowest BCUT2D eigenvalue weighted by Gasteiger charge is -2.33. The van der Waals surface area contributed by atoms with Gasteiger partial charge in [0, 0.05) is 26.7 Å². The fourth-order valence-corrected chi connectivity index (χ4v) is 1.28. The Labute approximate surface area is 80.4 Å². The molecule has 1 aliphatic rings. The van der Waals surface area contributed by atoms with E-state index < -0.39 is 23.6 Å². The quantitative estimate of drug-likeness (QED) is 0.523. The number of carbonyl (C=O) groups excluding carboxylic acids is 4. The third-order valence-electron chi connectivity index (χ3n) is 1.82. The number of imide groups is 2. The fraction of sp³-hybridized carbons (Fsp3) is 0.500. The lowest BCUT2D eigenvalue weighted by Crippen LogP contribution is -2.57. The van der Waals surface area contributed by atoms with Crippen molar-refractivity contribution in [1.82, 2.24) is 10.0 Å². The van der Waals surface area contributed by atoms with E-state index in [9.17, 15) is 19.2 Å². The van der Waals surface area contributed by atoms with Crippen LogP contribution in [0.3, 0.4) is 0 Å². The van der Waals surface area contributed by atoms with Crippen LogP contribution in [0.15, 0.2) is 0 Å². The summed E-state index contributed by atoms with van der Waals surface area (Å²) in [6.07, 6.45) is -0.0512. The van der Waals surface area contributed by atoms with E-state index in [2.05, 4.69) is 0 Å². The fourth-order valence-electron chi connectivity index (χ4n) is 1.28. The molecule has 1 rings (SSSR count). The molecule has 0 aromatic heterocycles. The number of nitrogens with zero attached hydrogens (tertiary/aromatic N) is 2. The van der Waals surface area contributed by atoms with Gasteiger partial charge in [-0.2, -0.15) is 10.0 Å². The van der Waals surface area contributed by atoms with Gasteiger partial charge in [0.15, 0.2) is 0 Å². The Morgan fingerprint density at radius 2 is 1.21 bits per heavy atom. The van der Waals surface area contributed by atoms with Gasteiger partial charge < -0.3 is 0 Å². The van der Waals surface area contributed by atoms with E-state index in [1.165, 1.54) is 0 Å². The van der Waals surface area contributed by atoms with Gasteiger partial charge in [0.25, 0.3) is 0 Å². The molecule has 14 heavy (non-hydrogen) atoms. The van der Waals surface area contributed by atoms with Crippen LogP contribution in [0.4, 0.5) is 0 Å². The summed E-state index contributed by atoms with van der Waals surface area (Å²) >= 11 is 0. The number of rotatable bonds is 0. The Bertz CT molecular complexity index is 291. The molecule has 0 radical (unpaired) electrons. The lowest BCUT2D eigenvalue weighted by atomic mass is 10.2. The van der Waals surface area contributed by atoms with Crippen molar-refractivity contribution in [3.8, 4) is 0 Å². The second kappa shape index (κ2) is 3.57. The zero-order valence-corrected chi connectivity index (χ0v) is 7.94. The molecule has 6 heteroatoms. The highest BCUT2D eigenvalue weighted by molar-refractivity contribution is 6.06. The van der Waals surface area contributed by atoms with E-state index in [1.54, 1.807) is 0 Å². The molecule has 0 aromatic rings. The number of amides is 4. The SMILES string of the molecule is CC(=O)N1C(=O)CCC(=O)N1C(C)=O. The normalized spacial score (nSPS) is 17.3. The first kappa shape index (κ1) is 10.4. The molecule has 0 unspecified atom stereocenters. The maximum Gasteiger partial charge on any atom is 0.249 e. The van der Waals surface area contributed by atoms with Gasteiger partial charge in [0.2, 0.25) is 23.6 Å². The van der Waals surface area contributed by atoms with Crippen LogP contribution in [0.5, 0.6) is 0 Å². The molecular formula is C8H10N2O4. The van der Waals surface area contributed by atoms with E-state index in [-0.39, 0.29) is 12.8 Å². The third kappa shape index (κ3) is 1.63. The summed E-state index contributed by atoms with van der Waals surface area (Å²) < 4.78 is 0. The molecule has 0 aliphatic carbocycles. The molecule has 0 N–H and O–H groups in total. The Hall–Kier alpha value is -1.72. The second-order valence-electron chi connectivity index (χ2n) is 2.95. The summed E-state index contributed by atoms with van der Waals surface area (Å²) in [5.41, 5.74) is 0. The van der Waals surface area contributed by atoms with Crippen molar-refractivity contribution in [3.05, 3.63) is 0 Å². The molecule has 1 aliphatic heterocycles. The van der Waals surface area contributed by atoms with Gasteiger partial charge in [-0.3, -0.25) is 19.2 Å². The van der Waals surface area contributed by atoms with Gasteiger partial charge in [-0.25, -0.2) is 0 Å². The molecule has 1 fully saturated rings. The van der Waals surface area contributed by atoms with Gasteiger partial charge in [0.1, 0.15) is 0 Å². The van der Waals surface area contributed by atoms with Crippen molar-refractivity contribution in [3.63, 3.8) is 0 Å². The molecule has 76 valence electrons. The summed E-state index contributed by atoms with van der Waals surface area (Å²) in [4.78, 5) is 44.6. The summed E-state index contributed by atoms with van der Waals surface area (Å²) in [6.45, 7) is 2.26. The maximum atomic E-state index is 11.3. The first-order valence-electron chi connectivity index (χ1n) is 4.12. The van der Waals surface area contributed by atoms with Crippen molar-refractivity contribution < 1.29 is 19.2 Å². The van der Waals surface area contributed by atoms with Gasteiger partial charge in [-0.1, -0.05) is 0 Å². The van der Waals surface area contributed by atoms with Crippen molar-refractivity contribution in [2.75, 3.05) is 0 Å². The topological polar surface area (TPSA) is 74.8 Å². The van der Waals surface area contributed by atoms with Crippen LogP contribution < -0.4 is 0 Å². The Morgan fingerprint density at radius 1 is 0.929 bits per heavy atom. The van der Waals surface area contributed by atoms with E-state index >= 15 is 0 Å². The highest BCUT2D eigenvalue weighted by atomic mass is 16.2. The number of hydrazine groups is 1. The molecule has 4 amide bonds. The van der Waals surface area contributed by atoms with E-state index in [0.29, 0.717) is 10.0 Å². The molecule has 0 saturated carbocycles. The minimum atomic E-state index is -0.627. The molecular weight excluding hydrogens is 188 g/mol. The lowest BCUT2D eigenvalue weighted by molar-refractivity contribution is -0.183. The van der Waals surface area contributed by atoms with Gasteiger partial charge in [0.05, 0.1) is 0 Å². The highest BCUT2D eigenvalue weighted by Gasteiger charge is 2.36. The van der Waals surface area contributed by atoms with Crippen molar-refractivity contribution in [2.45, 2.75) is 26.7 Å². The Morgan fingerprint density at radius 3 is 1.43 bits per heavy atom. The van der Waals surface area contributed by atoms with Gasteiger partial charge in [-0.15, -0.1) is 0 Å². The first-order valence-corrected chi connectivity index (χ1v) is 4.12. The Kier molecular flexibility index (Phi) is 2.64. The predicted octanol–water partition coefficient (Wildman–Crippen LogP) is -0.555. The van der Waals surface area contributed by atoms with Crippen LogP contribution in [-0.2, 0) is 19.2 Å². The molecule has 1 saturated heterocycles. The number of hydrogen-bond donors (Lipinski definition) is 0. The zero-order valence-electron chi connectivity index (χ0n) is 7.94. The standard InChI is InChI=1S/C8H10N2O4/c1-5(11)9-7(13)3-4-8(14)10(9)6(2)12/h3-4H2,1-2H3. The summed E-state index contributed by atoms with van der Waals surface area (Å²) in [5.74, 6) is -2.30. The molecule has 0 aromatic carbocycles. The van der Waals surface area contributed by atoms with Crippen LogP contribution in [0.25, 0.3) is 0 Å². The summed E-state index contributed by atoms with van der Waals surface area (Å²) in [5, 5.41) is 1.18. The van der Waals surface area contributed by atoms with Crippen molar-refractivity contribution in [2.24, 2.45) is 0 Å². The minimum Gasteiger partial charge on any atom is -0.273 e. The first-order chi connectivity index (χ1) is 6.45. The van der Waals surface area contributed by atoms with Crippen LogP contribution in [0, 0.1) is 0 Å². The summed E-state index contributed by atoms with van der Waals surface area (Å²) in [7, 11) is 0. The average Bonchev–Trinajstić information content (AvgIpc) is 2.07. The minimum absolute atomic E-state index is 0.0256. The highest BCUT2D eigenvalue weighted by Crippen LogP contribution is 2.14. The number of hydrogen-bond acceptors (Lipinski definition) is 4. The van der Waals surface area contributed by atoms with Crippen molar-refractivity contribution in [1.29, 1.82) is 0 Å². The molecule has 0 spiro atoms. The Balaban J connectivity index is 3.04. The largest absolute Gasteiger partial charge is 0.273 e. The van der Waals surface area contributed by atoms with Gasteiger partial charge >= 0.3 is 0 Å². The van der Waals surface area contributed by atoms with Crippen LogP contribution >= 0.6 is 0 Å². The smallest absolute Gasteiger partial charge is 0.249 e. The number of carbonyl (C=O) groups is 4. The second-order valence-corrected chi connectivity index (χ2v) is 2.95. The zero-order chi connectivity index (χ0) is 10.9. The maximum absolute atomic E-state index is 11.3. The van der Waals surface area contributed by atoms with Crippen LogP contribution in [-0.4, -0.2) is 33.6 Å². The van der Waals surface area contributed by atoms with E-state index in [4.69, 9.17) is 0 Å². The van der Waals surface area contributed by atoms with Crippen LogP contribution in [0.1, 0.15) is 26.7 Å².